The highest BCUT2D eigenvalue weighted by Crippen LogP contribution is 2.25. The third kappa shape index (κ3) is 1.89. The normalized spacial score (nSPS) is 27.8. The molecule has 0 aromatic heterocycles. The van der Waals surface area contributed by atoms with Crippen molar-refractivity contribution in [2.45, 2.75) is 25.3 Å². The maximum Gasteiger partial charge on any atom is 0.123 e. The lowest BCUT2D eigenvalue weighted by atomic mass is 9.97. The van der Waals surface area contributed by atoms with Crippen LogP contribution in [-0.2, 0) is 0 Å². The van der Waals surface area contributed by atoms with Gasteiger partial charge in [-0.2, -0.15) is 0 Å². The van der Waals surface area contributed by atoms with Gasteiger partial charge in [0.1, 0.15) is 5.82 Å². The zero-order valence-corrected chi connectivity index (χ0v) is 7.76. The van der Waals surface area contributed by atoms with E-state index in [-0.39, 0.29) is 5.82 Å². The summed E-state index contributed by atoms with van der Waals surface area (Å²) in [5.74, 6) is 0.415. The van der Waals surface area contributed by atoms with Gasteiger partial charge in [-0.15, -0.1) is 0 Å². The van der Waals surface area contributed by atoms with Crippen molar-refractivity contribution in [2.75, 3.05) is 6.54 Å². The average Bonchev–Trinajstić information content (AvgIpc) is 2.53. The summed E-state index contributed by atoms with van der Waals surface area (Å²) in [6.07, 6.45) is 1.16. The van der Waals surface area contributed by atoms with Crippen LogP contribution < -0.4 is 5.32 Å². The fraction of sp³-hybridized carbons (Fsp3) is 0.455. The van der Waals surface area contributed by atoms with Crippen LogP contribution in [0.4, 0.5) is 4.39 Å². The Labute approximate surface area is 78.0 Å². The average molecular weight is 179 g/mol. The summed E-state index contributed by atoms with van der Waals surface area (Å²) in [6.45, 7) is 3.20. The lowest BCUT2D eigenvalue weighted by molar-refractivity contribution is 0.624. The minimum atomic E-state index is -0.150. The van der Waals surface area contributed by atoms with Crippen molar-refractivity contribution in [2.24, 2.45) is 0 Å². The molecule has 0 spiro atoms. The Morgan fingerprint density at radius 1 is 1.31 bits per heavy atom. The van der Waals surface area contributed by atoms with E-state index >= 15 is 0 Å². The molecule has 1 aliphatic heterocycles. The SMILES string of the molecule is C[C@H]1C[C@H](c2ccc(F)cc2)CN1. The van der Waals surface area contributed by atoms with Crippen molar-refractivity contribution in [1.29, 1.82) is 0 Å². The first kappa shape index (κ1) is 8.70. The Balaban J connectivity index is 2.13. The van der Waals surface area contributed by atoms with Crippen LogP contribution in [0.3, 0.4) is 0 Å². The molecule has 1 heterocycles. The van der Waals surface area contributed by atoms with Crippen LogP contribution in [0.1, 0.15) is 24.8 Å². The molecule has 0 radical (unpaired) electrons. The number of hydrogen-bond acceptors (Lipinski definition) is 1. The molecule has 1 aromatic rings. The van der Waals surface area contributed by atoms with Gasteiger partial charge in [0.15, 0.2) is 0 Å². The number of hydrogen-bond donors (Lipinski definition) is 1. The highest BCUT2D eigenvalue weighted by molar-refractivity contribution is 5.22. The first-order chi connectivity index (χ1) is 6.25. The smallest absolute Gasteiger partial charge is 0.123 e. The summed E-state index contributed by atoms with van der Waals surface area (Å²) in [6, 6.07) is 7.45. The number of halogens is 1. The van der Waals surface area contributed by atoms with E-state index in [0.29, 0.717) is 12.0 Å². The highest BCUT2D eigenvalue weighted by Gasteiger charge is 2.21. The van der Waals surface area contributed by atoms with Crippen molar-refractivity contribution in [1.82, 2.24) is 5.32 Å². The second-order valence-electron chi connectivity index (χ2n) is 3.79. The van der Waals surface area contributed by atoms with E-state index in [1.54, 1.807) is 12.1 Å². The van der Waals surface area contributed by atoms with Crippen LogP contribution in [0, 0.1) is 5.82 Å². The van der Waals surface area contributed by atoms with Gasteiger partial charge in [0.05, 0.1) is 0 Å². The van der Waals surface area contributed by atoms with Crippen molar-refractivity contribution in [3.63, 3.8) is 0 Å². The van der Waals surface area contributed by atoms with Gasteiger partial charge >= 0.3 is 0 Å². The zero-order chi connectivity index (χ0) is 9.26. The topological polar surface area (TPSA) is 12.0 Å². The predicted octanol–water partition coefficient (Wildman–Crippen LogP) is 2.29. The lowest BCUT2D eigenvalue weighted by Gasteiger charge is -2.07. The van der Waals surface area contributed by atoms with Gasteiger partial charge in [0.2, 0.25) is 0 Å². The van der Waals surface area contributed by atoms with Crippen LogP contribution in [0.2, 0.25) is 0 Å². The van der Waals surface area contributed by atoms with E-state index in [4.69, 9.17) is 0 Å². The molecule has 1 nitrogen and oxygen atoms in total. The summed E-state index contributed by atoms with van der Waals surface area (Å²) in [4.78, 5) is 0. The predicted molar refractivity (Wildman–Crippen MR) is 51.2 cm³/mol. The summed E-state index contributed by atoms with van der Waals surface area (Å²) in [7, 11) is 0. The summed E-state index contributed by atoms with van der Waals surface area (Å²) >= 11 is 0. The fourth-order valence-electron chi connectivity index (χ4n) is 1.93. The second-order valence-corrected chi connectivity index (χ2v) is 3.79. The molecule has 2 heteroatoms. The van der Waals surface area contributed by atoms with Gasteiger partial charge in [0, 0.05) is 12.6 Å². The lowest BCUT2D eigenvalue weighted by Crippen LogP contribution is -2.16. The Morgan fingerprint density at radius 3 is 2.54 bits per heavy atom. The standard InChI is InChI=1S/C11H14FN/c1-8-6-10(7-13-8)9-2-4-11(12)5-3-9/h2-5,8,10,13H,6-7H2,1H3/t8-,10-/m0/s1. The third-order valence-electron chi connectivity index (χ3n) is 2.69. The molecule has 0 aliphatic carbocycles. The molecule has 2 atom stereocenters. The van der Waals surface area contributed by atoms with Gasteiger partial charge in [0.25, 0.3) is 0 Å². The van der Waals surface area contributed by atoms with Gasteiger partial charge in [-0.3, -0.25) is 0 Å². The molecule has 1 saturated heterocycles. The number of nitrogens with one attached hydrogen (secondary N) is 1. The van der Waals surface area contributed by atoms with Crippen LogP contribution in [0.15, 0.2) is 24.3 Å². The van der Waals surface area contributed by atoms with E-state index in [1.165, 1.54) is 5.56 Å². The summed E-state index contributed by atoms with van der Waals surface area (Å²) in [5.41, 5.74) is 1.25. The molecule has 0 amide bonds. The Kier molecular flexibility index (Phi) is 2.32. The Bertz CT molecular complexity index is 281. The van der Waals surface area contributed by atoms with E-state index in [1.807, 2.05) is 12.1 Å². The molecule has 1 fully saturated rings. The van der Waals surface area contributed by atoms with E-state index < -0.39 is 0 Å². The molecule has 0 saturated carbocycles. The van der Waals surface area contributed by atoms with Crippen LogP contribution in [0.5, 0.6) is 0 Å². The molecular weight excluding hydrogens is 165 g/mol. The minimum absolute atomic E-state index is 0.150. The maximum atomic E-state index is 12.6. The van der Waals surface area contributed by atoms with Crippen molar-refractivity contribution < 1.29 is 4.39 Å². The molecule has 0 unspecified atom stereocenters. The summed E-state index contributed by atoms with van der Waals surface area (Å²) < 4.78 is 12.6. The largest absolute Gasteiger partial charge is 0.314 e. The van der Waals surface area contributed by atoms with Crippen molar-refractivity contribution >= 4 is 0 Å². The number of benzene rings is 1. The third-order valence-corrected chi connectivity index (χ3v) is 2.69. The first-order valence-electron chi connectivity index (χ1n) is 4.74. The summed E-state index contributed by atoms with van der Waals surface area (Å²) in [5, 5.41) is 3.39. The van der Waals surface area contributed by atoms with Crippen LogP contribution in [0.25, 0.3) is 0 Å². The molecular formula is C11H14FN. The van der Waals surface area contributed by atoms with Gasteiger partial charge in [-0.05, 0) is 37.0 Å². The molecule has 0 bridgehead atoms. The molecule has 70 valence electrons. The first-order valence-corrected chi connectivity index (χ1v) is 4.74. The minimum Gasteiger partial charge on any atom is -0.314 e. The monoisotopic (exact) mass is 179 g/mol. The molecule has 1 aromatic carbocycles. The molecule has 1 aliphatic rings. The van der Waals surface area contributed by atoms with E-state index in [9.17, 15) is 4.39 Å². The second kappa shape index (κ2) is 3.46. The Morgan fingerprint density at radius 2 is 2.00 bits per heavy atom. The van der Waals surface area contributed by atoms with Gasteiger partial charge in [-0.25, -0.2) is 4.39 Å². The van der Waals surface area contributed by atoms with E-state index in [2.05, 4.69) is 12.2 Å². The van der Waals surface area contributed by atoms with Gasteiger partial charge in [-0.1, -0.05) is 12.1 Å². The highest BCUT2D eigenvalue weighted by atomic mass is 19.1. The van der Waals surface area contributed by atoms with Crippen LogP contribution in [-0.4, -0.2) is 12.6 Å². The van der Waals surface area contributed by atoms with Crippen molar-refractivity contribution in [3.05, 3.63) is 35.6 Å². The number of rotatable bonds is 1. The van der Waals surface area contributed by atoms with Gasteiger partial charge < -0.3 is 5.32 Å². The fourth-order valence-corrected chi connectivity index (χ4v) is 1.93. The molecule has 2 rings (SSSR count). The van der Waals surface area contributed by atoms with E-state index in [0.717, 1.165) is 13.0 Å². The molecule has 13 heavy (non-hydrogen) atoms. The van der Waals surface area contributed by atoms with Crippen molar-refractivity contribution in [3.8, 4) is 0 Å². The maximum absolute atomic E-state index is 12.6. The Hall–Kier alpha value is -0.890. The molecule has 1 N–H and O–H groups in total. The quantitative estimate of drug-likeness (QED) is 0.697. The van der Waals surface area contributed by atoms with Crippen LogP contribution >= 0.6 is 0 Å². The zero-order valence-electron chi connectivity index (χ0n) is 7.76.